The molecule has 1 amide bonds. The van der Waals surface area contributed by atoms with E-state index in [9.17, 15) is 4.79 Å². The molecule has 0 unspecified atom stereocenters. The van der Waals surface area contributed by atoms with E-state index >= 15 is 0 Å². The molecule has 2 rings (SSSR count). The first-order chi connectivity index (χ1) is 10.1. The lowest BCUT2D eigenvalue weighted by molar-refractivity contribution is 0.0785. The highest BCUT2D eigenvalue weighted by Crippen LogP contribution is 2.16. The van der Waals surface area contributed by atoms with Crippen molar-refractivity contribution in [3.05, 3.63) is 42.0 Å². The van der Waals surface area contributed by atoms with Crippen LogP contribution in [-0.4, -0.2) is 39.2 Å². The topological polar surface area (TPSA) is 63.1 Å². The van der Waals surface area contributed by atoms with E-state index in [-0.39, 0.29) is 5.91 Å². The van der Waals surface area contributed by atoms with Gasteiger partial charge in [0.25, 0.3) is 5.91 Å². The molecule has 0 radical (unpaired) electrons. The van der Waals surface area contributed by atoms with E-state index in [1.165, 1.54) is 0 Å². The largest absolute Gasteiger partial charge is 0.384 e. The predicted molar refractivity (Wildman–Crippen MR) is 82.0 cm³/mol. The Balaban J connectivity index is 2.11. The van der Waals surface area contributed by atoms with Crippen molar-refractivity contribution in [2.75, 3.05) is 18.9 Å². The van der Waals surface area contributed by atoms with Crippen molar-refractivity contribution in [2.24, 2.45) is 7.05 Å². The number of nitrogens with zero attached hydrogens (tertiary/aromatic N) is 4. The zero-order valence-corrected chi connectivity index (χ0v) is 12.7. The van der Waals surface area contributed by atoms with Crippen molar-refractivity contribution in [3.63, 3.8) is 0 Å². The Hall–Kier alpha value is -2.37. The normalized spacial score (nSPS) is 10.4. The first-order valence-electron chi connectivity index (χ1n) is 7.02. The first kappa shape index (κ1) is 15.0. The van der Waals surface area contributed by atoms with Gasteiger partial charge in [-0.2, -0.15) is 5.10 Å². The molecule has 0 bridgehead atoms. The minimum absolute atomic E-state index is 0.0504. The minimum atomic E-state index is -0.0504. The number of rotatable bonds is 6. The van der Waals surface area contributed by atoms with Crippen LogP contribution in [0.25, 0.3) is 0 Å². The van der Waals surface area contributed by atoms with Crippen LogP contribution in [-0.2, 0) is 13.6 Å². The number of aryl methyl sites for hydroxylation is 1. The van der Waals surface area contributed by atoms with Crippen molar-refractivity contribution in [2.45, 2.75) is 19.9 Å². The summed E-state index contributed by atoms with van der Waals surface area (Å²) in [5, 5.41) is 7.38. The maximum absolute atomic E-state index is 12.6. The number of carbonyl (C=O) groups excluding carboxylic acids is 1. The lowest BCUT2D eigenvalue weighted by Gasteiger charge is -2.18. The Morgan fingerprint density at radius 1 is 1.43 bits per heavy atom. The lowest BCUT2D eigenvalue weighted by Crippen LogP contribution is -2.27. The van der Waals surface area contributed by atoms with Gasteiger partial charge < -0.3 is 10.2 Å². The van der Waals surface area contributed by atoms with E-state index in [1.54, 1.807) is 35.2 Å². The second-order valence-electron chi connectivity index (χ2n) is 5.03. The van der Waals surface area contributed by atoms with Crippen LogP contribution in [0.1, 0.15) is 29.3 Å². The van der Waals surface area contributed by atoms with Crippen LogP contribution in [0.3, 0.4) is 0 Å². The highest BCUT2D eigenvalue weighted by molar-refractivity contribution is 5.99. The van der Waals surface area contributed by atoms with Crippen LogP contribution in [0.2, 0.25) is 0 Å². The molecule has 21 heavy (non-hydrogen) atoms. The van der Waals surface area contributed by atoms with Gasteiger partial charge in [-0.3, -0.25) is 14.5 Å². The Kier molecular flexibility index (Phi) is 4.92. The molecule has 0 saturated heterocycles. The van der Waals surface area contributed by atoms with Gasteiger partial charge in [-0.15, -0.1) is 0 Å². The zero-order valence-electron chi connectivity index (χ0n) is 12.7. The molecule has 2 aromatic rings. The third-order valence-corrected chi connectivity index (χ3v) is 3.14. The summed E-state index contributed by atoms with van der Waals surface area (Å²) in [6.45, 7) is 3.44. The van der Waals surface area contributed by atoms with E-state index in [2.05, 4.69) is 22.3 Å². The summed E-state index contributed by atoms with van der Waals surface area (Å²) in [5.74, 6) is -0.0504. The summed E-state index contributed by atoms with van der Waals surface area (Å²) in [4.78, 5) is 18.3. The predicted octanol–water partition coefficient (Wildman–Crippen LogP) is 1.91. The number of anilines is 1. The molecule has 0 aliphatic heterocycles. The van der Waals surface area contributed by atoms with Gasteiger partial charge in [0.05, 0.1) is 17.4 Å². The molecule has 0 atom stereocenters. The van der Waals surface area contributed by atoms with Gasteiger partial charge in [0.1, 0.15) is 0 Å². The SMILES string of the molecule is CCCNc1ccncc1C(=O)N(C)Cc1cnn(C)c1. The molecule has 0 spiro atoms. The molecule has 1 N–H and O–H groups in total. The maximum Gasteiger partial charge on any atom is 0.257 e. The third kappa shape index (κ3) is 3.81. The van der Waals surface area contributed by atoms with E-state index < -0.39 is 0 Å². The van der Waals surface area contributed by atoms with Gasteiger partial charge in [-0.05, 0) is 12.5 Å². The Morgan fingerprint density at radius 3 is 2.90 bits per heavy atom. The van der Waals surface area contributed by atoms with E-state index in [1.807, 2.05) is 19.3 Å². The number of amides is 1. The third-order valence-electron chi connectivity index (χ3n) is 3.14. The first-order valence-corrected chi connectivity index (χ1v) is 7.02. The molecule has 2 heterocycles. The van der Waals surface area contributed by atoms with Crippen molar-refractivity contribution < 1.29 is 4.79 Å². The molecular weight excluding hydrogens is 266 g/mol. The molecule has 6 heteroatoms. The average Bonchev–Trinajstić information content (AvgIpc) is 2.89. The molecule has 0 aliphatic carbocycles. The van der Waals surface area contributed by atoms with E-state index in [0.717, 1.165) is 24.2 Å². The quantitative estimate of drug-likeness (QED) is 0.881. The van der Waals surface area contributed by atoms with Crippen LogP contribution < -0.4 is 5.32 Å². The highest BCUT2D eigenvalue weighted by atomic mass is 16.2. The Labute approximate surface area is 124 Å². The van der Waals surface area contributed by atoms with Crippen LogP contribution in [0.15, 0.2) is 30.9 Å². The molecule has 6 nitrogen and oxygen atoms in total. The Bertz CT molecular complexity index is 608. The van der Waals surface area contributed by atoms with Crippen LogP contribution >= 0.6 is 0 Å². The number of nitrogens with one attached hydrogen (secondary N) is 1. The number of carbonyl (C=O) groups is 1. The van der Waals surface area contributed by atoms with Gasteiger partial charge in [0.15, 0.2) is 0 Å². The molecule has 0 saturated carbocycles. The Morgan fingerprint density at radius 2 is 2.24 bits per heavy atom. The minimum Gasteiger partial charge on any atom is -0.384 e. The van der Waals surface area contributed by atoms with Gasteiger partial charge in [-0.1, -0.05) is 6.92 Å². The molecule has 0 aromatic carbocycles. The molecular formula is C15H21N5O. The number of aromatic nitrogens is 3. The van der Waals surface area contributed by atoms with Gasteiger partial charge in [0.2, 0.25) is 0 Å². The fraction of sp³-hybridized carbons (Fsp3) is 0.400. The van der Waals surface area contributed by atoms with E-state index in [4.69, 9.17) is 0 Å². The second-order valence-corrected chi connectivity index (χ2v) is 5.03. The summed E-state index contributed by atoms with van der Waals surface area (Å²) in [7, 11) is 3.64. The molecule has 112 valence electrons. The van der Waals surface area contributed by atoms with Gasteiger partial charge >= 0.3 is 0 Å². The summed E-state index contributed by atoms with van der Waals surface area (Å²) in [6.07, 6.45) is 7.98. The van der Waals surface area contributed by atoms with Crippen LogP contribution in [0.5, 0.6) is 0 Å². The average molecular weight is 287 g/mol. The van der Waals surface area contributed by atoms with Crippen molar-refractivity contribution in [3.8, 4) is 0 Å². The van der Waals surface area contributed by atoms with Gasteiger partial charge in [-0.25, -0.2) is 0 Å². The fourth-order valence-electron chi connectivity index (χ4n) is 2.08. The van der Waals surface area contributed by atoms with E-state index in [0.29, 0.717) is 12.1 Å². The maximum atomic E-state index is 12.6. The molecule has 2 aromatic heterocycles. The number of pyridine rings is 1. The smallest absolute Gasteiger partial charge is 0.257 e. The fourth-order valence-corrected chi connectivity index (χ4v) is 2.08. The van der Waals surface area contributed by atoms with Crippen molar-refractivity contribution in [1.82, 2.24) is 19.7 Å². The summed E-state index contributed by atoms with van der Waals surface area (Å²) in [5.41, 5.74) is 2.42. The molecule has 0 fully saturated rings. The highest BCUT2D eigenvalue weighted by Gasteiger charge is 2.16. The van der Waals surface area contributed by atoms with Crippen molar-refractivity contribution >= 4 is 11.6 Å². The van der Waals surface area contributed by atoms with Crippen LogP contribution in [0.4, 0.5) is 5.69 Å². The monoisotopic (exact) mass is 287 g/mol. The van der Waals surface area contributed by atoms with Crippen LogP contribution in [0, 0.1) is 0 Å². The zero-order chi connectivity index (χ0) is 15.2. The summed E-state index contributed by atoms with van der Waals surface area (Å²) >= 11 is 0. The molecule has 0 aliphatic rings. The summed E-state index contributed by atoms with van der Waals surface area (Å²) < 4.78 is 1.73. The standard InChI is InChI=1S/C15H21N5O/c1-4-6-17-14-5-7-16-9-13(14)15(21)19(2)10-12-8-18-20(3)11-12/h5,7-9,11H,4,6,10H2,1-3H3,(H,16,17). The second kappa shape index (κ2) is 6.88. The van der Waals surface area contributed by atoms with Gasteiger partial charge in [0, 0.05) is 51.3 Å². The number of hydrogen-bond acceptors (Lipinski definition) is 4. The van der Waals surface area contributed by atoms with Crippen molar-refractivity contribution in [1.29, 1.82) is 0 Å². The lowest BCUT2D eigenvalue weighted by atomic mass is 10.2. The summed E-state index contributed by atoms with van der Waals surface area (Å²) in [6, 6.07) is 1.83. The number of hydrogen-bond donors (Lipinski definition) is 1.